The molecule has 0 spiro atoms. The third kappa shape index (κ3) is 7.12. The highest BCUT2D eigenvalue weighted by atomic mass is 19.4. The molecule has 1 atom stereocenters. The smallest absolute Gasteiger partial charge is 0.375 e. The second-order valence-electron chi connectivity index (χ2n) is 8.20. The monoisotopic (exact) mass is 467 g/mol. The summed E-state index contributed by atoms with van der Waals surface area (Å²) >= 11 is 0. The van der Waals surface area contributed by atoms with Gasteiger partial charge in [0.2, 0.25) is 0 Å². The molecule has 1 unspecified atom stereocenters. The highest BCUT2D eigenvalue weighted by Crippen LogP contribution is 2.39. The Morgan fingerprint density at radius 1 is 1.00 bits per heavy atom. The van der Waals surface area contributed by atoms with E-state index in [4.69, 9.17) is 4.74 Å². The Hall–Kier alpha value is -1.77. The van der Waals surface area contributed by atoms with Crippen LogP contribution in [0.4, 0.5) is 26.3 Å². The molecule has 0 aromatic heterocycles. The Morgan fingerprint density at radius 3 is 2.25 bits per heavy atom. The predicted molar refractivity (Wildman–Crippen MR) is 109 cm³/mol. The van der Waals surface area contributed by atoms with E-state index in [2.05, 4.69) is 6.92 Å². The minimum absolute atomic E-state index is 0.0935. The van der Waals surface area contributed by atoms with Gasteiger partial charge < -0.3 is 9.64 Å². The van der Waals surface area contributed by atoms with Crippen molar-refractivity contribution in [3.63, 3.8) is 0 Å². The van der Waals surface area contributed by atoms with Crippen molar-refractivity contribution in [2.75, 3.05) is 19.7 Å². The first-order chi connectivity index (χ1) is 15.0. The van der Waals surface area contributed by atoms with Crippen molar-refractivity contribution in [3.8, 4) is 0 Å². The normalized spacial score (nSPS) is 17.6. The van der Waals surface area contributed by atoms with Crippen molar-refractivity contribution < 1.29 is 35.9 Å². The average molecular weight is 467 g/mol. The summed E-state index contributed by atoms with van der Waals surface area (Å²) in [4.78, 5) is 14.4. The number of halogens is 6. The van der Waals surface area contributed by atoms with Crippen LogP contribution in [0.1, 0.15) is 85.8 Å². The number of hydrogen-bond donors (Lipinski definition) is 0. The third-order valence-corrected chi connectivity index (χ3v) is 5.77. The van der Waals surface area contributed by atoms with E-state index in [0.29, 0.717) is 12.5 Å². The number of morpholine rings is 1. The van der Waals surface area contributed by atoms with Gasteiger partial charge in [-0.3, -0.25) is 4.79 Å². The molecule has 0 bridgehead atoms. The summed E-state index contributed by atoms with van der Waals surface area (Å²) in [6.45, 7) is 4.03. The lowest BCUT2D eigenvalue weighted by atomic mass is 9.93. The zero-order chi connectivity index (χ0) is 23.9. The molecular formula is C23H31F6NO2. The lowest BCUT2D eigenvalue weighted by molar-refractivity contribution is -0.143. The molecule has 1 saturated heterocycles. The van der Waals surface area contributed by atoms with Gasteiger partial charge in [0.15, 0.2) is 0 Å². The van der Waals surface area contributed by atoms with Crippen LogP contribution in [0.3, 0.4) is 0 Å². The number of amides is 1. The molecule has 0 radical (unpaired) electrons. The van der Waals surface area contributed by atoms with Gasteiger partial charge in [-0.25, -0.2) is 0 Å². The van der Waals surface area contributed by atoms with Crippen molar-refractivity contribution in [1.82, 2.24) is 4.90 Å². The molecule has 32 heavy (non-hydrogen) atoms. The summed E-state index contributed by atoms with van der Waals surface area (Å²) in [6, 6.07) is 0.644. The zero-order valence-electron chi connectivity index (χ0n) is 18.5. The van der Waals surface area contributed by atoms with Gasteiger partial charge in [-0.2, -0.15) is 26.3 Å². The second-order valence-corrected chi connectivity index (χ2v) is 8.20. The molecule has 182 valence electrons. The number of ether oxygens (including phenoxy) is 1. The van der Waals surface area contributed by atoms with Crippen LogP contribution in [0, 0.1) is 0 Å². The van der Waals surface area contributed by atoms with Crippen LogP contribution in [-0.2, 0) is 23.5 Å². The zero-order valence-corrected chi connectivity index (χ0v) is 18.5. The maximum atomic E-state index is 13.5. The number of nitrogens with zero attached hydrogens (tertiary/aromatic N) is 1. The summed E-state index contributed by atoms with van der Waals surface area (Å²) in [6.07, 6.45) is -3.25. The number of rotatable bonds is 9. The Kier molecular flexibility index (Phi) is 9.42. The van der Waals surface area contributed by atoms with Gasteiger partial charge in [-0.1, -0.05) is 52.4 Å². The highest BCUT2D eigenvalue weighted by molar-refractivity contribution is 5.96. The number of alkyl halides is 6. The molecule has 1 aromatic rings. The van der Waals surface area contributed by atoms with Crippen LogP contribution >= 0.6 is 0 Å². The van der Waals surface area contributed by atoms with E-state index in [1.807, 2.05) is 0 Å². The lowest BCUT2D eigenvalue weighted by Gasteiger charge is -2.34. The molecule has 2 rings (SSSR count). The van der Waals surface area contributed by atoms with Crippen LogP contribution in [0.25, 0.3) is 0 Å². The topological polar surface area (TPSA) is 29.5 Å². The summed E-state index contributed by atoms with van der Waals surface area (Å²) in [7, 11) is 0. The predicted octanol–water partition coefficient (Wildman–Crippen LogP) is 6.88. The molecule has 0 N–H and O–H groups in total. The molecule has 9 heteroatoms. The molecule has 1 aromatic carbocycles. The maximum Gasteiger partial charge on any atom is 0.416 e. The van der Waals surface area contributed by atoms with Crippen molar-refractivity contribution in [2.45, 2.75) is 83.7 Å². The van der Waals surface area contributed by atoms with Gasteiger partial charge in [0.25, 0.3) is 5.91 Å². The molecule has 0 aliphatic carbocycles. The second kappa shape index (κ2) is 11.4. The Balaban J connectivity index is 2.20. The Labute approximate surface area is 185 Å². The van der Waals surface area contributed by atoms with Gasteiger partial charge in [0.05, 0.1) is 23.8 Å². The number of carbonyl (C=O) groups excluding carboxylic acids is 1. The maximum absolute atomic E-state index is 13.5. The molecular weight excluding hydrogens is 436 g/mol. The first-order valence-electron chi connectivity index (χ1n) is 11.2. The molecule has 1 fully saturated rings. The number of carbonyl (C=O) groups is 1. The number of hydrogen-bond acceptors (Lipinski definition) is 2. The van der Waals surface area contributed by atoms with Crippen LogP contribution in [0.2, 0.25) is 0 Å². The standard InChI is InChI=1S/C23H31F6NO2/c1-3-5-6-7-8-9-10-17-15-30(11-12-32-17)21(31)19-13-16(22(24,25)26)14-20(18(19)4-2)23(27,28)29/h13-14,17H,3-12,15H2,1-2H3. The highest BCUT2D eigenvalue weighted by Gasteiger charge is 2.40. The lowest BCUT2D eigenvalue weighted by Crippen LogP contribution is -2.46. The minimum atomic E-state index is -4.99. The fourth-order valence-electron chi connectivity index (χ4n) is 4.06. The van der Waals surface area contributed by atoms with Gasteiger partial charge in [-0.15, -0.1) is 0 Å². The molecule has 1 heterocycles. The van der Waals surface area contributed by atoms with E-state index in [-0.39, 0.29) is 38.3 Å². The van der Waals surface area contributed by atoms with E-state index in [0.717, 1.165) is 32.1 Å². The number of benzene rings is 1. The SMILES string of the molecule is CCCCCCCCC1CN(C(=O)c2cc(C(F)(F)F)cc(C(F)(F)F)c2CC)CCO1. The summed E-state index contributed by atoms with van der Waals surface area (Å²) in [5.74, 6) is -0.810. The van der Waals surface area contributed by atoms with E-state index < -0.39 is 40.5 Å². The van der Waals surface area contributed by atoms with Gasteiger partial charge >= 0.3 is 12.4 Å². The molecule has 1 aliphatic rings. The van der Waals surface area contributed by atoms with E-state index in [1.165, 1.54) is 18.2 Å². The summed E-state index contributed by atoms with van der Waals surface area (Å²) < 4.78 is 86.0. The summed E-state index contributed by atoms with van der Waals surface area (Å²) in [5.41, 5.74) is -3.82. The van der Waals surface area contributed by atoms with E-state index in [9.17, 15) is 31.1 Å². The summed E-state index contributed by atoms with van der Waals surface area (Å²) in [5, 5.41) is 0. The largest absolute Gasteiger partial charge is 0.416 e. The number of unbranched alkanes of at least 4 members (excludes halogenated alkanes) is 5. The van der Waals surface area contributed by atoms with Gasteiger partial charge in [-0.05, 0) is 30.5 Å². The van der Waals surface area contributed by atoms with Gasteiger partial charge in [0.1, 0.15) is 0 Å². The van der Waals surface area contributed by atoms with Crippen LogP contribution in [0.15, 0.2) is 12.1 Å². The third-order valence-electron chi connectivity index (χ3n) is 5.77. The van der Waals surface area contributed by atoms with E-state index >= 15 is 0 Å². The van der Waals surface area contributed by atoms with Crippen LogP contribution in [0.5, 0.6) is 0 Å². The first-order valence-corrected chi connectivity index (χ1v) is 11.2. The van der Waals surface area contributed by atoms with Crippen LogP contribution in [-0.4, -0.2) is 36.6 Å². The average Bonchev–Trinajstić information content (AvgIpc) is 2.73. The van der Waals surface area contributed by atoms with Gasteiger partial charge in [0, 0.05) is 18.7 Å². The minimum Gasteiger partial charge on any atom is -0.375 e. The fourth-order valence-corrected chi connectivity index (χ4v) is 4.06. The molecule has 1 amide bonds. The van der Waals surface area contributed by atoms with Crippen LogP contribution < -0.4 is 0 Å². The van der Waals surface area contributed by atoms with Crippen molar-refractivity contribution in [3.05, 3.63) is 34.4 Å². The first kappa shape index (κ1) is 26.5. The van der Waals surface area contributed by atoms with Crippen molar-refractivity contribution in [1.29, 1.82) is 0 Å². The molecule has 0 saturated carbocycles. The Morgan fingerprint density at radius 2 is 1.66 bits per heavy atom. The molecule has 3 nitrogen and oxygen atoms in total. The molecule has 1 aliphatic heterocycles. The van der Waals surface area contributed by atoms with Crippen molar-refractivity contribution >= 4 is 5.91 Å². The van der Waals surface area contributed by atoms with E-state index in [1.54, 1.807) is 0 Å². The fraction of sp³-hybridized carbons (Fsp3) is 0.696. The quantitative estimate of drug-likeness (QED) is 0.293. The Bertz CT molecular complexity index is 760. The van der Waals surface area contributed by atoms with Crippen molar-refractivity contribution in [2.24, 2.45) is 0 Å².